The molecule has 6 nitrogen and oxygen atoms in total. The van der Waals surface area contributed by atoms with Crippen LogP contribution in [0, 0.1) is 12.8 Å². The van der Waals surface area contributed by atoms with Crippen LogP contribution in [0.15, 0.2) is 18.2 Å². The molecule has 0 aliphatic carbocycles. The molecule has 1 unspecified atom stereocenters. The molecule has 2 saturated heterocycles. The van der Waals surface area contributed by atoms with Crippen LogP contribution in [0.3, 0.4) is 0 Å². The highest BCUT2D eigenvalue weighted by atomic mass is 32.1. The number of aryl methyl sites for hydroxylation is 1. The fourth-order valence-corrected chi connectivity index (χ4v) is 5.18. The Labute approximate surface area is 169 Å². The van der Waals surface area contributed by atoms with Crippen LogP contribution in [-0.4, -0.2) is 54.4 Å². The lowest BCUT2D eigenvalue weighted by atomic mass is 9.97. The van der Waals surface area contributed by atoms with Gasteiger partial charge in [-0.3, -0.25) is 9.59 Å². The predicted molar refractivity (Wildman–Crippen MR) is 113 cm³/mol. The van der Waals surface area contributed by atoms with Gasteiger partial charge in [-0.1, -0.05) is 17.4 Å². The third kappa shape index (κ3) is 4.29. The molecule has 4 rings (SSSR count). The topological polar surface area (TPSA) is 65.5 Å². The maximum Gasteiger partial charge on any atom is 0.224 e. The van der Waals surface area contributed by atoms with E-state index in [1.165, 1.54) is 10.3 Å². The largest absolute Gasteiger partial charge is 0.356 e. The predicted octanol–water partition coefficient (Wildman–Crippen LogP) is 2.95. The third-order valence-corrected chi connectivity index (χ3v) is 6.75. The number of hydrogen-bond donors (Lipinski definition) is 1. The Bertz CT molecular complexity index is 865. The molecule has 0 spiro atoms. The van der Waals surface area contributed by atoms with Gasteiger partial charge in [0.25, 0.3) is 0 Å². The highest BCUT2D eigenvalue weighted by molar-refractivity contribution is 7.22. The number of fused-ring (bicyclic) bond motifs is 1. The van der Waals surface area contributed by atoms with Crippen molar-refractivity contribution in [3.63, 3.8) is 0 Å². The molecule has 1 atom stereocenters. The van der Waals surface area contributed by atoms with Gasteiger partial charge in [0.2, 0.25) is 11.8 Å². The molecular weight excluding hydrogens is 372 g/mol. The van der Waals surface area contributed by atoms with Gasteiger partial charge in [-0.05, 0) is 50.3 Å². The summed E-state index contributed by atoms with van der Waals surface area (Å²) in [6.45, 7) is 6.04. The summed E-state index contributed by atoms with van der Waals surface area (Å²) < 4.78 is 1.21. The summed E-state index contributed by atoms with van der Waals surface area (Å²) in [5.41, 5.74) is 2.28. The van der Waals surface area contributed by atoms with Gasteiger partial charge >= 0.3 is 0 Å². The molecule has 0 saturated carbocycles. The maximum atomic E-state index is 12.6. The number of anilines is 1. The molecule has 7 heteroatoms. The minimum absolute atomic E-state index is 0.0101. The van der Waals surface area contributed by atoms with Crippen molar-refractivity contribution >= 4 is 38.5 Å². The van der Waals surface area contributed by atoms with Crippen LogP contribution in [0.5, 0.6) is 0 Å². The van der Waals surface area contributed by atoms with Gasteiger partial charge in [0.1, 0.15) is 0 Å². The van der Waals surface area contributed by atoms with Crippen molar-refractivity contribution in [3.8, 4) is 0 Å². The Hall–Kier alpha value is -2.15. The van der Waals surface area contributed by atoms with Gasteiger partial charge in [-0.15, -0.1) is 0 Å². The van der Waals surface area contributed by atoms with Crippen LogP contribution in [0.25, 0.3) is 10.2 Å². The zero-order valence-electron chi connectivity index (χ0n) is 16.4. The van der Waals surface area contributed by atoms with Crippen LogP contribution >= 0.6 is 11.3 Å². The van der Waals surface area contributed by atoms with Gasteiger partial charge in [-0.25, -0.2) is 4.98 Å². The van der Waals surface area contributed by atoms with Gasteiger partial charge in [0.15, 0.2) is 5.13 Å². The van der Waals surface area contributed by atoms with Crippen molar-refractivity contribution in [2.45, 2.75) is 39.0 Å². The van der Waals surface area contributed by atoms with E-state index in [9.17, 15) is 9.59 Å². The smallest absolute Gasteiger partial charge is 0.224 e. The third-order valence-electron chi connectivity index (χ3n) is 5.67. The number of carbonyl (C=O) groups is 2. The first-order chi connectivity index (χ1) is 13.6. The molecular formula is C21H28N4O2S. The van der Waals surface area contributed by atoms with E-state index in [4.69, 9.17) is 4.98 Å². The van der Waals surface area contributed by atoms with Crippen LogP contribution < -0.4 is 10.2 Å². The second kappa shape index (κ2) is 8.47. The van der Waals surface area contributed by atoms with Gasteiger partial charge in [0, 0.05) is 39.1 Å². The van der Waals surface area contributed by atoms with E-state index in [0.29, 0.717) is 13.0 Å². The van der Waals surface area contributed by atoms with E-state index in [1.807, 2.05) is 4.90 Å². The first-order valence-electron chi connectivity index (χ1n) is 10.3. The summed E-state index contributed by atoms with van der Waals surface area (Å²) in [4.78, 5) is 33.2. The molecule has 2 fully saturated rings. The molecule has 2 aliphatic heterocycles. The van der Waals surface area contributed by atoms with Crippen molar-refractivity contribution in [1.29, 1.82) is 0 Å². The van der Waals surface area contributed by atoms with Crippen molar-refractivity contribution < 1.29 is 9.59 Å². The van der Waals surface area contributed by atoms with Crippen LogP contribution in [0.4, 0.5) is 5.13 Å². The van der Waals surface area contributed by atoms with E-state index < -0.39 is 0 Å². The monoisotopic (exact) mass is 400 g/mol. The first-order valence-corrected chi connectivity index (χ1v) is 11.1. The van der Waals surface area contributed by atoms with E-state index in [-0.39, 0.29) is 17.7 Å². The van der Waals surface area contributed by atoms with Crippen LogP contribution in [0.1, 0.15) is 37.7 Å². The molecule has 2 aliphatic rings. The molecule has 2 amide bonds. The standard InChI is InChI=1S/C21H28N4O2S/c1-15-7-8-17-18(13-15)28-21(23-17)25-11-2-5-16(14-25)20(27)22-9-4-12-24-10-3-6-19(24)26/h7-8,13,16H,2-6,9-12,14H2,1H3,(H,22,27). The highest BCUT2D eigenvalue weighted by Gasteiger charge is 2.27. The second-order valence-corrected chi connectivity index (χ2v) is 8.89. The molecule has 0 radical (unpaired) electrons. The number of hydrogen-bond acceptors (Lipinski definition) is 5. The summed E-state index contributed by atoms with van der Waals surface area (Å²) in [7, 11) is 0. The van der Waals surface area contributed by atoms with Crippen molar-refractivity contribution in [3.05, 3.63) is 23.8 Å². The van der Waals surface area contributed by atoms with Crippen LogP contribution in [0.2, 0.25) is 0 Å². The number of nitrogens with one attached hydrogen (secondary N) is 1. The van der Waals surface area contributed by atoms with Crippen molar-refractivity contribution in [2.75, 3.05) is 37.6 Å². The van der Waals surface area contributed by atoms with Gasteiger partial charge in [0.05, 0.1) is 16.1 Å². The molecule has 28 heavy (non-hydrogen) atoms. The minimum atomic E-state index is 0.0101. The fourth-order valence-electron chi connectivity index (χ4n) is 4.09. The first kappa shape index (κ1) is 19.2. The van der Waals surface area contributed by atoms with Crippen LogP contribution in [-0.2, 0) is 9.59 Å². The fraction of sp³-hybridized carbons (Fsp3) is 0.571. The van der Waals surface area contributed by atoms with Gasteiger partial charge < -0.3 is 15.1 Å². The average molecular weight is 401 g/mol. The number of nitrogens with zero attached hydrogens (tertiary/aromatic N) is 3. The number of aromatic nitrogens is 1. The number of rotatable bonds is 6. The minimum Gasteiger partial charge on any atom is -0.356 e. The number of carbonyl (C=O) groups excluding carboxylic acids is 2. The SMILES string of the molecule is Cc1ccc2nc(N3CCCC(C(=O)NCCCN4CCCC4=O)C3)sc2c1. The summed E-state index contributed by atoms with van der Waals surface area (Å²) in [5.74, 6) is 0.394. The Morgan fingerprint density at radius 1 is 1.32 bits per heavy atom. The van der Waals surface area contributed by atoms with Crippen molar-refractivity contribution in [1.82, 2.24) is 15.2 Å². The highest BCUT2D eigenvalue weighted by Crippen LogP contribution is 2.32. The second-order valence-electron chi connectivity index (χ2n) is 7.88. The zero-order valence-corrected chi connectivity index (χ0v) is 17.3. The lowest BCUT2D eigenvalue weighted by Crippen LogP contribution is -2.43. The Kier molecular flexibility index (Phi) is 5.80. The quantitative estimate of drug-likeness (QED) is 0.757. The lowest BCUT2D eigenvalue weighted by molar-refractivity contribution is -0.127. The molecule has 150 valence electrons. The van der Waals surface area contributed by atoms with Crippen molar-refractivity contribution in [2.24, 2.45) is 5.92 Å². The Balaban J connectivity index is 1.28. The van der Waals surface area contributed by atoms with E-state index in [1.54, 1.807) is 11.3 Å². The van der Waals surface area contributed by atoms with E-state index >= 15 is 0 Å². The molecule has 1 aromatic heterocycles. The number of amides is 2. The molecule has 3 heterocycles. The Morgan fingerprint density at radius 3 is 3.04 bits per heavy atom. The number of likely N-dealkylation sites (tertiary alicyclic amines) is 1. The Morgan fingerprint density at radius 2 is 2.21 bits per heavy atom. The molecule has 0 bridgehead atoms. The normalized spacial score (nSPS) is 20.2. The summed E-state index contributed by atoms with van der Waals surface area (Å²) in [6, 6.07) is 6.34. The van der Waals surface area contributed by atoms with E-state index in [2.05, 4.69) is 35.3 Å². The number of benzene rings is 1. The maximum absolute atomic E-state index is 12.6. The van der Waals surface area contributed by atoms with Gasteiger partial charge in [-0.2, -0.15) is 0 Å². The lowest BCUT2D eigenvalue weighted by Gasteiger charge is -2.31. The summed E-state index contributed by atoms with van der Waals surface area (Å²) in [5, 5.41) is 4.10. The molecule has 1 aromatic carbocycles. The zero-order chi connectivity index (χ0) is 19.5. The molecule has 2 aromatic rings. The van der Waals surface area contributed by atoms with E-state index in [0.717, 1.165) is 62.5 Å². The molecule has 1 N–H and O–H groups in total. The average Bonchev–Trinajstić information content (AvgIpc) is 3.30. The number of piperidine rings is 1. The number of thiazole rings is 1. The summed E-state index contributed by atoms with van der Waals surface area (Å²) in [6.07, 6.45) is 4.40. The summed E-state index contributed by atoms with van der Waals surface area (Å²) >= 11 is 1.71.